The molecule has 2 aromatic rings. The van der Waals surface area contributed by atoms with Crippen molar-refractivity contribution in [3.63, 3.8) is 0 Å². The van der Waals surface area contributed by atoms with Crippen LogP contribution >= 0.6 is 0 Å². The summed E-state index contributed by atoms with van der Waals surface area (Å²) >= 11 is 0. The zero-order valence-corrected chi connectivity index (χ0v) is 9.17. The lowest BCUT2D eigenvalue weighted by Crippen LogP contribution is -1.80. The predicted octanol–water partition coefficient (Wildman–Crippen LogP) is 3.29. The Morgan fingerprint density at radius 3 is 3.18 bits per heavy atom. The first-order chi connectivity index (χ1) is 8.40. The summed E-state index contributed by atoms with van der Waals surface area (Å²) in [5.74, 6) is 6.00. The lowest BCUT2D eigenvalue weighted by molar-refractivity contribution is 1.01. The summed E-state index contributed by atoms with van der Waals surface area (Å²) in [6, 6.07) is 9.81. The standard InChI is InChI=1S/C13H10N4/c14-17-16-9-2-1-4-11-6-7-13-12(10-11)5-3-8-15-13/h3,5-8,10H,2,9H2. The second kappa shape index (κ2) is 5.55. The van der Waals surface area contributed by atoms with E-state index in [1.165, 1.54) is 0 Å². The highest BCUT2D eigenvalue weighted by Gasteiger charge is 1.93. The second-order valence-electron chi connectivity index (χ2n) is 3.42. The summed E-state index contributed by atoms with van der Waals surface area (Å²) in [7, 11) is 0. The van der Waals surface area contributed by atoms with Crippen LogP contribution in [0.2, 0.25) is 0 Å². The van der Waals surface area contributed by atoms with Gasteiger partial charge in [-0.2, -0.15) is 0 Å². The molecule has 0 saturated heterocycles. The van der Waals surface area contributed by atoms with Crippen molar-refractivity contribution in [1.82, 2.24) is 4.98 Å². The van der Waals surface area contributed by atoms with Gasteiger partial charge in [-0.1, -0.05) is 23.0 Å². The molecule has 0 N–H and O–H groups in total. The zero-order chi connectivity index (χ0) is 11.9. The third-order valence-electron chi connectivity index (χ3n) is 2.24. The van der Waals surface area contributed by atoms with Gasteiger partial charge in [0.1, 0.15) is 0 Å². The van der Waals surface area contributed by atoms with E-state index in [1.54, 1.807) is 6.20 Å². The van der Waals surface area contributed by atoms with Gasteiger partial charge in [0.25, 0.3) is 0 Å². The molecular formula is C13H10N4. The SMILES string of the molecule is [N-]=[N+]=NCCC#Cc1ccc2ncccc2c1. The number of pyridine rings is 1. The van der Waals surface area contributed by atoms with E-state index < -0.39 is 0 Å². The molecule has 0 bridgehead atoms. The predicted molar refractivity (Wildman–Crippen MR) is 67.3 cm³/mol. The molecule has 1 aromatic heterocycles. The van der Waals surface area contributed by atoms with Gasteiger partial charge >= 0.3 is 0 Å². The van der Waals surface area contributed by atoms with E-state index in [2.05, 4.69) is 26.9 Å². The van der Waals surface area contributed by atoms with Crippen LogP contribution in [-0.2, 0) is 0 Å². The number of hydrogen-bond acceptors (Lipinski definition) is 2. The Balaban J connectivity index is 2.16. The van der Waals surface area contributed by atoms with Crippen molar-refractivity contribution in [3.8, 4) is 11.8 Å². The fourth-order valence-electron chi connectivity index (χ4n) is 1.47. The van der Waals surface area contributed by atoms with Gasteiger partial charge in [-0.05, 0) is 29.8 Å². The Labute approximate surface area is 98.9 Å². The molecule has 0 fully saturated rings. The third-order valence-corrected chi connectivity index (χ3v) is 2.24. The molecular weight excluding hydrogens is 212 g/mol. The summed E-state index contributed by atoms with van der Waals surface area (Å²) < 4.78 is 0. The van der Waals surface area contributed by atoms with E-state index in [0.29, 0.717) is 13.0 Å². The van der Waals surface area contributed by atoms with Crippen LogP contribution in [0, 0.1) is 11.8 Å². The first-order valence-corrected chi connectivity index (χ1v) is 5.24. The van der Waals surface area contributed by atoms with Crippen molar-refractivity contribution in [1.29, 1.82) is 0 Å². The van der Waals surface area contributed by atoms with E-state index in [1.807, 2.05) is 30.3 Å². The summed E-state index contributed by atoms with van der Waals surface area (Å²) in [5, 5.41) is 4.50. The van der Waals surface area contributed by atoms with Crippen LogP contribution in [0.1, 0.15) is 12.0 Å². The molecule has 1 heterocycles. The van der Waals surface area contributed by atoms with E-state index in [-0.39, 0.29) is 0 Å². The number of benzene rings is 1. The smallest absolute Gasteiger partial charge is 0.0702 e. The van der Waals surface area contributed by atoms with Crippen LogP contribution < -0.4 is 0 Å². The minimum absolute atomic E-state index is 0.415. The van der Waals surface area contributed by atoms with Crippen molar-refractivity contribution in [2.75, 3.05) is 6.54 Å². The number of aromatic nitrogens is 1. The van der Waals surface area contributed by atoms with Crippen LogP contribution in [0.4, 0.5) is 0 Å². The Morgan fingerprint density at radius 2 is 2.29 bits per heavy atom. The van der Waals surface area contributed by atoms with Gasteiger partial charge in [0, 0.05) is 35.0 Å². The Kier molecular flexibility index (Phi) is 3.59. The van der Waals surface area contributed by atoms with Gasteiger partial charge in [-0.15, -0.1) is 0 Å². The van der Waals surface area contributed by atoms with Crippen LogP contribution in [0.5, 0.6) is 0 Å². The molecule has 0 unspecified atom stereocenters. The average molecular weight is 222 g/mol. The molecule has 0 radical (unpaired) electrons. The zero-order valence-electron chi connectivity index (χ0n) is 9.17. The molecule has 17 heavy (non-hydrogen) atoms. The summed E-state index contributed by atoms with van der Waals surface area (Å²) in [6.45, 7) is 0.415. The monoisotopic (exact) mass is 222 g/mol. The van der Waals surface area contributed by atoms with Crippen molar-refractivity contribution < 1.29 is 0 Å². The van der Waals surface area contributed by atoms with Crippen LogP contribution in [0.25, 0.3) is 21.3 Å². The number of fused-ring (bicyclic) bond motifs is 1. The van der Waals surface area contributed by atoms with Crippen molar-refractivity contribution in [3.05, 3.63) is 52.5 Å². The number of nitrogens with zero attached hydrogens (tertiary/aromatic N) is 4. The molecule has 0 aliphatic rings. The molecule has 4 nitrogen and oxygen atoms in total. The quantitative estimate of drug-likeness (QED) is 0.253. The summed E-state index contributed by atoms with van der Waals surface area (Å²) in [5.41, 5.74) is 10.0. The highest BCUT2D eigenvalue weighted by molar-refractivity contribution is 5.79. The van der Waals surface area contributed by atoms with Gasteiger partial charge < -0.3 is 0 Å². The van der Waals surface area contributed by atoms with Crippen molar-refractivity contribution in [2.45, 2.75) is 6.42 Å². The van der Waals surface area contributed by atoms with Gasteiger partial charge in [0.2, 0.25) is 0 Å². The van der Waals surface area contributed by atoms with Crippen LogP contribution in [-0.4, -0.2) is 11.5 Å². The second-order valence-corrected chi connectivity index (χ2v) is 3.42. The summed E-state index contributed by atoms with van der Waals surface area (Å²) in [6.07, 6.45) is 2.35. The molecule has 82 valence electrons. The molecule has 0 amide bonds. The Bertz CT molecular complexity index is 630. The topological polar surface area (TPSA) is 61.7 Å². The van der Waals surface area contributed by atoms with Gasteiger partial charge in [0.05, 0.1) is 5.52 Å². The highest BCUT2D eigenvalue weighted by atomic mass is 15.1. The Morgan fingerprint density at radius 1 is 1.35 bits per heavy atom. The first kappa shape index (κ1) is 11.0. The van der Waals surface area contributed by atoms with Gasteiger partial charge in [0.15, 0.2) is 0 Å². The molecule has 4 heteroatoms. The number of rotatable bonds is 2. The lowest BCUT2D eigenvalue weighted by atomic mass is 10.1. The number of azide groups is 1. The average Bonchev–Trinajstić information content (AvgIpc) is 2.38. The van der Waals surface area contributed by atoms with E-state index in [4.69, 9.17) is 5.53 Å². The van der Waals surface area contributed by atoms with Crippen LogP contribution in [0.3, 0.4) is 0 Å². The lowest BCUT2D eigenvalue weighted by Gasteiger charge is -1.96. The first-order valence-electron chi connectivity index (χ1n) is 5.24. The molecule has 0 spiro atoms. The van der Waals surface area contributed by atoms with Crippen LogP contribution in [0.15, 0.2) is 41.6 Å². The normalized spacial score (nSPS) is 9.18. The van der Waals surface area contributed by atoms with Crippen molar-refractivity contribution in [2.24, 2.45) is 5.11 Å². The fourth-order valence-corrected chi connectivity index (χ4v) is 1.47. The van der Waals surface area contributed by atoms with E-state index >= 15 is 0 Å². The number of hydrogen-bond donors (Lipinski definition) is 0. The fraction of sp³-hybridized carbons (Fsp3) is 0.154. The summed E-state index contributed by atoms with van der Waals surface area (Å²) in [4.78, 5) is 6.91. The van der Waals surface area contributed by atoms with E-state index in [9.17, 15) is 0 Å². The maximum atomic E-state index is 8.10. The van der Waals surface area contributed by atoms with Gasteiger partial charge in [-0.25, -0.2) is 0 Å². The molecule has 0 atom stereocenters. The largest absolute Gasteiger partial charge is 0.256 e. The Hall–Kier alpha value is -2.50. The molecule has 0 aliphatic heterocycles. The van der Waals surface area contributed by atoms with Crippen molar-refractivity contribution >= 4 is 10.9 Å². The van der Waals surface area contributed by atoms with Gasteiger partial charge in [-0.3, -0.25) is 4.98 Å². The maximum Gasteiger partial charge on any atom is 0.0702 e. The highest BCUT2D eigenvalue weighted by Crippen LogP contribution is 2.12. The van der Waals surface area contributed by atoms with E-state index in [0.717, 1.165) is 16.5 Å². The maximum absolute atomic E-state index is 8.10. The molecule has 1 aromatic carbocycles. The third kappa shape index (κ3) is 2.97. The minimum atomic E-state index is 0.415. The molecule has 0 aliphatic carbocycles. The minimum Gasteiger partial charge on any atom is -0.256 e. The molecule has 2 rings (SSSR count). The molecule has 0 saturated carbocycles.